The molecule has 1 saturated heterocycles. The first-order chi connectivity index (χ1) is 9.29. The van der Waals surface area contributed by atoms with Crippen molar-refractivity contribution in [3.8, 4) is 0 Å². The van der Waals surface area contributed by atoms with E-state index in [0.29, 0.717) is 12.1 Å². The van der Waals surface area contributed by atoms with Crippen LogP contribution in [0.4, 0.5) is 0 Å². The van der Waals surface area contributed by atoms with Crippen LogP contribution in [0.15, 0.2) is 18.5 Å². The third kappa shape index (κ3) is 4.75. The van der Waals surface area contributed by atoms with Gasteiger partial charge in [0.2, 0.25) is 0 Å². The Kier molecular flexibility index (Phi) is 6.08. The maximum Gasteiger partial charge on any atom is 0.0621 e. The second-order valence-electron chi connectivity index (χ2n) is 5.22. The molecule has 2 rings (SSSR count). The first kappa shape index (κ1) is 14.8. The molecule has 0 spiro atoms. The van der Waals surface area contributed by atoms with Crippen molar-refractivity contribution in [2.45, 2.75) is 50.7 Å². The van der Waals surface area contributed by atoms with Crippen LogP contribution in [0.3, 0.4) is 0 Å². The van der Waals surface area contributed by atoms with Crippen LogP contribution >= 0.6 is 11.6 Å². The molecule has 1 aromatic rings. The van der Waals surface area contributed by atoms with Crippen molar-refractivity contribution in [3.05, 3.63) is 29.0 Å². The highest BCUT2D eigenvalue weighted by molar-refractivity contribution is 6.31. The van der Waals surface area contributed by atoms with E-state index < -0.39 is 0 Å². The standard InChI is InChI=1S/C15H23ClN2O/c1-17-13(5-6-14-4-2-3-9-19-14)10-12-7-8-18-11-15(12)16/h7-8,11,13-14,17H,2-6,9-10H2,1H3. The summed E-state index contributed by atoms with van der Waals surface area (Å²) < 4.78 is 5.78. The van der Waals surface area contributed by atoms with E-state index in [1.54, 1.807) is 12.4 Å². The van der Waals surface area contributed by atoms with Gasteiger partial charge in [0.1, 0.15) is 0 Å². The highest BCUT2D eigenvalue weighted by Crippen LogP contribution is 2.20. The van der Waals surface area contributed by atoms with Gasteiger partial charge >= 0.3 is 0 Å². The molecule has 106 valence electrons. The number of nitrogens with one attached hydrogen (secondary N) is 1. The zero-order chi connectivity index (χ0) is 13.5. The molecule has 1 aliphatic heterocycles. The molecule has 0 radical (unpaired) electrons. The van der Waals surface area contributed by atoms with E-state index in [0.717, 1.165) is 30.9 Å². The Morgan fingerprint density at radius 1 is 1.53 bits per heavy atom. The lowest BCUT2D eigenvalue weighted by Gasteiger charge is -2.25. The maximum atomic E-state index is 6.16. The Hall–Kier alpha value is -0.640. The van der Waals surface area contributed by atoms with E-state index in [1.807, 2.05) is 13.1 Å². The van der Waals surface area contributed by atoms with Gasteiger partial charge in [0.05, 0.1) is 11.1 Å². The lowest BCUT2D eigenvalue weighted by molar-refractivity contribution is 0.00870. The molecule has 0 aliphatic carbocycles. The van der Waals surface area contributed by atoms with Gasteiger partial charge < -0.3 is 10.1 Å². The minimum Gasteiger partial charge on any atom is -0.378 e. The van der Waals surface area contributed by atoms with Crippen LogP contribution in [-0.2, 0) is 11.2 Å². The topological polar surface area (TPSA) is 34.1 Å². The lowest BCUT2D eigenvalue weighted by atomic mass is 9.98. The third-order valence-electron chi connectivity index (χ3n) is 3.84. The molecule has 4 heteroatoms. The van der Waals surface area contributed by atoms with Crippen molar-refractivity contribution in [1.82, 2.24) is 10.3 Å². The second kappa shape index (κ2) is 7.83. The monoisotopic (exact) mass is 282 g/mol. The number of ether oxygens (including phenoxy) is 1. The summed E-state index contributed by atoms with van der Waals surface area (Å²) in [6.45, 7) is 0.936. The number of hydrogen-bond acceptors (Lipinski definition) is 3. The summed E-state index contributed by atoms with van der Waals surface area (Å²) in [4.78, 5) is 4.03. The molecule has 1 fully saturated rings. The zero-order valence-electron chi connectivity index (χ0n) is 11.6. The molecule has 1 aromatic heterocycles. The fourth-order valence-electron chi connectivity index (χ4n) is 2.61. The summed E-state index contributed by atoms with van der Waals surface area (Å²) in [5, 5.41) is 4.14. The summed E-state index contributed by atoms with van der Waals surface area (Å²) >= 11 is 6.16. The maximum absolute atomic E-state index is 6.16. The van der Waals surface area contributed by atoms with Crippen LogP contribution < -0.4 is 5.32 Å². The zero-order valence-corrected chi connectivity index (χ0v) is 12.3. The molecule has 0 bridgehead atoms. The minimum atomic E-state index is 0.449. The molecular formula is C15H23ClN2O. The highest BCUT2D eigenvalue weighted by atomic mass is 35.5. The van der Waals surface area contributed by atoms with Crippen LogP contribution in [0.2, 0.25) is 5.02 Å². The first-order valence-corrected chi connectivity index (χ1v) is 7.54. The van der Waals surface area contributed by atoms with Gasteiger partial charge in [-0.2, -0.15) is 0 Å². The molecule has 3 nitrogen and oxygen atoms in total. The van der Waals surface area contributed by atoms with Crippen molar-refractivity contribution in [2.75, 3.05) is 13.7 Å². The summed E-state index contributed by atoms with van der Waals surface area (Å²) in [7, 11) is 2.02. The molecule has 0 aromatic carbocycles. The number of pyridine rings is 1. The Morgan fingerprint density at radius 2 is 2.42 bits per heavy atom. The predicted octanol–water partition coefficient (Wildman–Crippen LogP) is 3.21. The van der Waals surface area contributed by atoms with E-state index in [4.69, 9.17) is 16.3 Å². The number of nitrogens with zero attached hydrogens (tertiary/aromatic N) is 1. The van der Waals surface area contributed by atoms with Gasteiger partial charge in [-0.1, -0.05) is 11.6 Å². The SMILES string of the molecule is CNC(CCC1CCCCO1)Cc1ccncc1Cl. The van der Waals surface area contributed by atoms with Crippen molar-refractivity contribution in [1.29, 1.82) is 0 Å². The summed E-state index contributed by atoms with van der Waals surface area (Å²) in [6, 6.07) is 2.45. The van der Waals surface area contributed by atoms with E-state index >= 15 is 0 Å². The van der Waals surface area contributed by atoms with E-state index in [9.17, 15) is 0 Å². The number of rotatable bonds is 6. The summed E-state index contributed by atoms with van der Waals surface area (Å²) in [5.41, 5.74) is 1.17. The van der Waals surface area contributed by atoms with Crippen LogP contribution in [0.5, 0.6) is 0 Å². The van der Waals surface area contributed by atoms with E-state index in [-0.39, 0.29) is 0 Å². The van der Waals surface area contributed by atoms with Crippen LogP contribution in [-0.4, -0.2) is 30.8 Å². The van der Waals surface area contributed by atoms with Crippen molar-refractivity contribution >= 4 is 11.6 Å². The molecule has 19 heavy (non-hydrogen) atoms. The minimum absolute atomic E-state index is 0.449. The Morgan fingerprint density at radius 3 is 3.11 bits per heavy atom. The number of likely N-dealkylation sites (N-methyl/N-ethyl adjacent to an activating group) is 1. The Balaban J connectivity index is 1.81. The van der Waals surface area contributed by atoms with Gasteiger partial charge in [0, 0.05) is 25.0 Å². The molecular weight excluding hydrogens is 260 g/mol. The van der Waals surface area contributed by atoms with Gasteiger partial charge in [-0.25, -0.2) is 0 Å². The van der Waals surface area contributed by atoms with E-state index in [2.05, 4.69) is 10.3 Å². The van der Waals surface area contributed by atoms with Crippen LogP contribution in [0.25, 0.3) is 0 Å². The third-order valence-corrected chi connectivity index (χ3v) is 4.18. The molecule has 1 N–H and O–H groups in total. The van der Waals surface area contributed by atoms with Crippen LogP contribution in [0, 0.1) is 0 Å². The highest BCUT2D eigenvalue weighted by Gasteiger charge is 2.16. The van der Waals surface area contributed by atoms with Gasteiger partial charge in [0.15, 0.2) is 0 Å². The largest absolute Gasteiger partial charge is 0.378 e. The molecule has 2 heterocycles. The van der Waals surface area contributed by atoms with Crippen molar-refractivity contribution < 1.29 is 4.74 Å². The Bertz CT molecular complexity index is 380. The lowest BCUT2D eigenvalue weighted by Crippen LogP contribution is -2.30. The molecule has 2 atom stereocenters. The molecule has 1 aliphatic rings. The first-order valence-electron chi connectivity index (χ1n) is 7.17. The van der Waals surface area contributed by atoms with Gasteiger partial charge in [0.25, 0.3) is 0 Å². The average molecular weight is 283 g/mol. The number of hydrogen-bond donors (Lipinski definition) is 1. The van der Waals surface area contributed by atoms with Gasteiger partial charge in [-0.3, -0.25) is 4.98 Å². The Labute approximate surface area is 120 Å². The van der Waals surface area contributed by atoms with Gasteiger partial charge in [-0.05, 0) is 57.2 Å². The summed E-state index contributed by atoms with van der Waals surface area (Å²) in [6.07, 6.45) is 10.9. The smallest absolute Gasteiger partial charge is 0.0621 e. The van der Waals surface area contributed by atoms with Crippen LogP contribution in [0.1, 0.15) is 37.7 Å². The quantitative estimate of drug-likeness (QED) is 0.870. The second-order valence-corrected chi connectivity index (χ2v) is 5.63. The van der Waals surface area contributed by atoms with E-state index in [1.165, 1.54) is 24.8 Å². The molecule has 0 amide bonds. The number of halogens is 1. The summed E-state index contributed by atoms with van der Waals surface area (Å²) in [5.74, 6) is 0. The predicted molar refractivity (Wildman–Crippen MR) is 78.6 cm³/mol. The fourth-order valence-corrected chi connectivity index (χ4v) is 2.80. The van der Waals surface area contributed by atoms with Gasteiger partial charge in [-0.15, -0.1) is 0 Å². The fraction of sp³-hybridized carbons (Fsp3) is 0.667. The molecule has 2 unspecified atom stereocenters. The normalized spacial score (nSPS) is 21.3. The van der Waals surface area contributed by atoms with Crippen molar-refractivity contribution in [3.63, 3.8) is 0 Å². The van der Waals surface area contributed by atoms with Crippen molar-refractivity contribution in [2.24, 2.45) is 0 Å². The average Bonchev–Trinajstić information content (AvgIpc) is 2.46. The number of aromatic nitrogens is 1. The molecule has 0 saturated carbocycles.